The van der Waals surface area contributed by atoms with Gasteiger partial charge in [-0.05, 0) is 69.0 Å². The molecule has 11 nitrogen and oxygen atoms in total. The zero-order valence-corrected chi connectivity index (χ0v) is 29.1. The fourth-order valence-corrected chi connectivity index (χ4v) is 7.99. The molecule has 2 aliphatic heterocycles. The molecule has 0 spiro atoms. The molecular formula is C37H34ClN7O4S. The van der Waals surface area contributed by atoms with Gasteiger partial charge in [0.05, 0.1) is 12.3 Å². The van der Waals surface area contributed by atoms with E-state index in [2.05, 4.69) is 24.9 Å². The Morgan fingerprint density at radius 1 is 1.06 bits per heavy atom. The summed E-state index contributed by atoms with van der Waals surface area (Å²) in [4.78, 5) is 43.0. The highest BCUT2D eigenvalue weighted by molar-refractivity contribution is 7.15. The number of hydrogen-bond acceptors (Lipinski definition) is 9. The van der Waals surface area contributed by atoms with Crippen LogP contribution in [0.15, 0.2) is 83.2 Å². The molecule has 0 radical (unpaired) electrons. The number of carbonyl (C=O) groups is 2. The molecule has 13 heteroatoms. The maximum Gasteiger partial charge on any atom is 0.303 e. The second-order valence-electron chi connectivity index (χ2n) is 12.2. The lowest BCUT2D eigenvalue weighted by Gasteiger charge is -2.28. The van der Waals surface area contributed by atoms with E-state index in [0.29, 0.717) is 54.2 Å². The van der Waals surface area contributed by atoms with Crippen molar-refractivity contribution in [2.75, 3.05) is 13.2 Å². The molecule has 0 fully saturated rings. The van der Waals surface area contributed by atoms with Crippen molar-refractivity contribution in [3.8, 4) is 5.00 Å². The number of benzene rings is 2. The molecule has 1 N–H and O–H groups in total. The van der Waals surface area contributed by atoms with Crippen molar-refractivity contribution >= 4 is 46.2 Å². The Kier molecular flexibility index (Phi) is 9.55. The quantitative estimate of drug-likeness (QED) is 0.0956. The number of hydrogen-bond donors (Lipinski definition) is 1. The van der Waals surface area contributed by atoms with E-state index in [9.17, 15) is 9.59 Å². The van der Waals surface area contributed by atoms with Crippen LogP contribution < -0.4 is 0 Å². The average molecular weight is 708 g/mol. The van der Waals surface area contributed by atoms with Gasteiger partial charge in [-0.1, -0.05) is 47.1 Å². The predicted molar refractivity (Wildman–Crippen MR) is 192 cm³/mol. The number of rotatable bonds is 10. The van der Waals surface area contributed by atoms with Crippen molar-refractivity contribution < 1.29 is 19.5 Å². The first-order chi connectivity index (χ1) is 24.3. The Hall–Kier alpha value is -5.20. The molecule has 2 aliphatic rings. The number of amides is 1. The zero-order valence-electron chi connectivity index (χ0n) is 27.5. The van der Waals surface area contributed by atoms with Crippen LogP contribution in [0.2, 0.25) is 5.02 Å². The van der Waals surface area contributed by atoms with E-state index in [0.717, 1.165) is 43.9 Å². The van der Waals surface area contributed by atoms with Gasteiger partial charge in [0.2, 0.25) is 0 Å². The van der Waals surface area contributed by atoms with Gasteiger partial charge in [-0.2, -0.15) is 0 Å². The molecule has 254 valence electrons. The summed E-state index contributed by atoms with van der Waals surface area (Å²) in [5, 5.41) is 23.8. The Labute approximate surface area is 297 Å². The van der Waals surface area contributed by atoms with Crippen molar-refractivity contribution in [3.63, 3.8) is 0 Å². The normalized spacial score (nSPS) is 15.4. The van der Waals surface area contributed by atoms with E-state index in [4.69, 9.17) is 26.5 Å². The topological polar surface area (TPSA) is 135 Å². The number of pyridine rings is 1. The maximum absolute atomic E-state index is 14.1. The molecule has 1 atom stereocenters. The van der Waals surface area contributed by atoms with Crippen LogP contribution in [0.5, 0.6) is 0 Å². The first kappa shape index (κ1) is 33.3. The zero-order chi connectivity index (χ0) is 34.8. The lowest BCUT2D eigenvalue weighted by Crippen LogP contribution is -2.35. The summed E-state index contributed by atoms with van der Waals surface area (Å²) in [7, 11) is 0. The number of aliphatic imine (C=N–C) groups is 1. The second-order valence-corrected chi connectivity index (χ2v) is 13.7. The molecule has 0 aliphatic carbocycles. The summed E-state index contributed by atoms with van der Waals surface area (Å²) in [6, 6.07) is 18.6. The smallest absolute Gasteiger partial charge is 0.303 e. The van der Waals surface area contributed by atoms with E-state index in [1.807, 2.05) is 79.4 Å². The highest BCUT2D eigenvalue weighted by Crippen LogP contribution is 2.42. The number of nitrogens with zero attached hydrogens (tertiary/aromatic N) is 7. The summed E-state index contributed by atoms with van der Waals surface area (Å²) in [5.41, 5.74) is 6.41. The molecule has 0 bridgehead atoms. The van der Waals surface area contributed by atoms with Crippen LogP contribution in [-0.2, 0) is 22.6 Å². The summed E-state index contributed by atoms with van der Waals surface area (Å²) >= 11 is 8.40. The molecule has 50 heavy (non-hydrogen) atoms. The number of aromatic nitrogens is 4. The Morgan fingerprint density at radius 3 is 2.68 bits per heavy atom. The number of carboxylic acids is 1. The SMILES string of the molecule is Cc1nnc2n1-c1sc3c(c1C(c1ccccc1Cl)=NC2C)CCN(C(=O)c1cccc(/C(=N/OCCCCC(=O)O)c2cccnc2)c1)C3. The minimum atomic E-state index is -0.838. The molecule has 5 aromatic rings. The predicted octanol–water partition coefficient (Wildman–Crippen LogP) is 6.82. The van der Waals surface area contributed by atoms with Crippen LogP contribution in [0, 0.1) is 6.92 Å². The number of carboxylic acid groups (broad SMARTS) is 1. The van der Waals surface area contributed by atoms with Gasteiger partial charge in [0.25, 0.3) is 5.91 Å². The highest BCUT2D eigenvalue weighted by Gasteiger charge is 2.35. The van der Waals surface area contributed by atoms with Gasteiger partial charge in [-0.3, -0.25) is 24.1 Å². The second kappa shape index (κ2) is 14.3. The van der Waals surface area contributed by atoms with Crippen molar-refractivity contribution in [1.29, 1.82) is 0 Å². The summed E-state index contributed by atoms with van der Waals surface area (Å²) in [6.07, 6.45) is 5.15. The monoisotopic (exact) mass is 707 g/mol. The van der Waals surface area contributed by atoms with Gasteiger partial charge in [0, 0.05) is 63.1 Å². The lowest BCUT2D eigenvalue weighted by molar-refractivity contribution is -0.137. The fourth-order valence-electron chi connectivity index (χ4n) is 6.35. The number of oxime groups is 1. The summed E-state index contributed by atoms with van der Waals surface area (Å²) < 4.78 is 2.10. The van der Waals surface area contributed by atoms with Crippen molar-refractivity contribution in [1.82, 2.24) is 24.6 Å². The van der Waals surface area contributed by atoms with Crippen LogP contribution in [0.1, 0.15) is 86.9 Å². The first-order valence-electron chi connectivity index (χ1n) is 16.4. The average Bonchev–Trinajstić information content (AvgIpc) is 3.66. The van der Waals surface area contributed by atoms with Gasteiger partial charge in [0.15, 0.2) is 5.82 Å². The van der Waals surface area contributed by atoms with Crippen LogP contribution >= 0.6 is 22.9 Å². The Morgan fingerprint density at radius 2 is 1.88 bits per heavy atom. The number of unbranched alkanes of at least 4 members (excludes halogenated alkanes) is 1. The van der Waals surface area contributed by atoms with Gasteiger partial charge >= 0.3 is 5.97 Å². The number of aliphatic carboxylic acids is 1. The van der Waals surface area contributed by atoms with E-state index in [-0.39, 0.29) is 25.0 Å². The van der Waals surface area contributed by atoms with Gasteiger partial charge in [-0.25, -0.2) is 0 Å². The third kappa shape index (κ3) is 6.56. The van der Waals surface area contributed by atoms with E-state index < -0.39 is 5.97 Å². The summed E-state index contributed by atoms with van der Waals surface area (Å²) in [6.45, 7) is 5.22. The molecule has 0 saturated heterocycles. The van der Waals surface area contributed by atoms with Crippen LogP contribution in [-0.4, -0.2) is 66.2 Å². The van der Waals surface area contributed by atoms with Gasteiger partial charge < -0.3 is 14.8 Å². The Balaban J connectivity index is 1.19. The molecular weight excluding hydrogens is 674 g/mol. The standard InChI is InChI=1S/C37H34ClN7O4S/c1-22-35-42-41-23(2)45(35)37-32(34(40-22)27-12-3-4-13-29(27)38)28-15-17-44(21-30(28)50-37)36(48)25-10-7-9-24(19-25)33(26-11-8-16-39-20-26)43-49-18-6-5-14-31(46)47/h3-4,7-13,16,19-20,22H,5-6,14-15,17-18,21H2,1-2H3,(H,46,47)/b43-33-. The maximum atomic E-state index is 14.1. The number of halogens is 1. The number of aryl methyl sites for hydroxylation is 1. The molecule has 7 rings (SSSR count). The number of carbonyl (C=O) groups excluding carboxylic acids is 1. The van der Waals surface area contributed by atoms with E-state index >= 15 is 0 Å². The van der Waals surface area contributed by atoms with Gasteiger partial charge in [-0.15, -0.1) is 21.5 Å². The van der Waals surface area contributed by atoms with Gasteiger partial charge in [0.1, 0.15) is 29.2 Å². The minimum Gasteiger partial charge on any atom is -0.481 e. The number of fused-ring (bicyclic) bond motifs is 5. The number of thiophene rings is 1. The Bertz CT molecular complexity index is 2140. The largest absolute Gasteiger partial charge is 0.481 e. The summed E-state index contributed by atoms with van der Waals surface area (Å²) in [5.74, 6) is 0.623. The molecule has 3 aromatic heterocycles. The van der Waals surface area contributed by atoms with Crippen molar-refractivity contribution in [2.45, 2.75) is 52.1 Å². The molecule has 2 aromatic carbocycles. The van der Waals surface area contributed by atoms with Crippen LogP contribution in [0.4, 0.5) is 0 Å². The van der Waals surface area contributed by atoms with Crippen molar-refractivity contribution in [3.05, 3.63) is 128 Å². The van der Waals surface area contributed by atoms with E-state index in [1.54, 1.807) is 23.7 Å². The molecule has 1 amide bonds. The van der Waals surface area contributed by atoms with Crippen molar-refractivity contribution in [2.24, 2.45) is 10.1 Å². The molecule has 5 heterocycles. The third-order valence-electron chi connectivity index (χ3n) is 8.79. The van der Waals surface area contributed by atoms with E-state index in [1.165, 1.54) is 5.56 Å². The fraction of sp³-hybridized carbons (Fsp3) is 0.270. The minimum absolute atomic E-state index is 0.0789. The highest BCUT2D eigenvalue weighted by atomic mass is 35.5. The molecule has 0 saturated carbocycles. The first-order valence-corrected chi connectivity index (χ1v) is 17.6. The van der Waals surface area contributed by atoms with Crippen LogP contribution in [0.3, 0.4) is 0 Å². The molecule has 1 unspecified atom stereocenters. The lowest BCUT2D eigenvalue weighted by atomic mass is 9.94. The third-order valence-corrected chi connectivity index (χ3v) is 10.3. The van der Waals surface area contributed by atoms with Crippen LogP contribution in [0.25, 0.3) is 5.00 Å².